The van der Waals surface area contributed by atoms with E-state index >= 15 is 0 Å². The Balaban J connectivity index is 1.38. The molecule has 1 N–H and O–H groups in total. The molecule has 0 spiro atoms. The number of rotatable bonds is 2. The van der Waals surface area contributed by atoms with Crippen molar-refractivity contribution in [3.63, 3.8) is 0 Å². The lowest BCUT2D eigenvalue weighted by Crippen LogP contribution is -2.44. The number of carbonyl (C=O) groups is 1. The van der Waals surface area contributed by atoms with Gasteiger partial charge in [0.15, 0.2) is 5.82 Å². The van der Waals surface area contributed by atoms with E-state index in [0.717, 1.165) is 41.8 Å². The average molecular weight is 459 g/mol. The van der Waals surface area contributed by atoms with Crippen LogP contribution in [0.2, 0.25) is 5.02 Å². The molecule has 1 saturated heterocycles. The standard InChI is InChI=1S/C23H18ClF3N4O/c24-18-10-14(6-8-17(18)23(25,26)27)29-22(32)31-15-7-9-20(31)16-12-28-21(30-19(16)11-15)13-4-2-1-3-5-13/h1-6,8,10,12,15,20H,7,9,11H2,(H,29,32)/t15-,20+/m1/s1. The van der Waals surface area contributed by atoms with Crippen molar-refractivity contribution in [2.24, 2.45) is 0 Å². The lowest BCUT2D eigenvalue weighted by atomic mass is 9.99. The summed E-state index contributed by atoms with van der Waals surface area (Å²) in [5, 5.41) is 2.24. The Morgan fingerprint density at radius 3 is 2.62 bits per heavy atom. The summed E-state index contributed by atoms with van der Waals surface area (Å²) in [5.74, 6) is 0.654. The van der Waals surface area contributed by atoms with E-state index in [-0.39, 0.29) is 23.8 Å². The molecule has 1 aromatic heterocycles. The summed E-state index contributed by atoms with van der Waals surface area (Å²) in [4.78, 5) is 24.0. The fraction of sp³-hybridized carbons (Fsp3) is 0.261. The molecule has 2 aliphatic heterocycles. The molecule has 5 rings (SSSR count). The fourth-order valence-corrected chi connectivity index (χ4v) is 4.81. The molecule has 2 atom stereocenters. The predicted octanol–water partition coefficient (Wildman–Crippen LogP) is 6.11. The Morgan fingerprint density at radius 2 is 1.91 bits per heavy atom. The van der Waals surface area contributed by atoms with Crippen molar-refractivity contribution < 1.29 is 18.0 Å². The molecule has 2 aliphatic rings. The summed E-state index contributed by atoms with van der Waals surface area (Å²) in [6.45, 7) is 0. The van der Waals surface area contributed by atoms with Gasteiger partial charge in [0.25, 0.3) is 0 Å². The van der Waals surface area contributed by atoms with Gasteiger partial charge in [-0.2, -0.15) is 13.2 Å². The normalized spacial score (nSPS) is 19.6. The first-order valence-electron chi connectivity index (χ1n) is 10.2. The third-order valence-corrected chi connectivity index (χ3v) is 6.30. The minimum absolute atomic E-state index is 0.0315. The minimum atomic E-state index is -4.55. The number of aromatic nitrogens is 2. The lowest BCUT2D eigenvalue weighted by Gasteiger charge is -2.35. The van der Waals surface area contributed by atoms with Crippen molar-refractivity contribution in [3.8, 4) is 11.4 Å². The van der Waals surface area contributed by atoms with Crippen molar-refractivity contribution in [1.82, 2.24) is 14.9 Å². The second kappa shape index (κ2) is 7.78. The summed E-state index contributed by atoms with van der Waals surface area (Å²) >= 11 is 5.78. The van der Waals surface area contributed by atoms with Gasteiger partial charge in [-0.25, -0.2) is 14.8 Å². The van der Waals surface area contributed by atoms with Crippen LogP contribution in [0.5, 0.6) is 0 Å². The van der Waals surface area contributed by atoms with Gasteiger partial charge in [0.1, 0.15) is 0 Å². The van der Waals surface area contributed by atoms with Gasteiger partial charge in [-0.3, -0.25) is 0 Å². The number of amides is 2. The van der Waals surface area contributed by atoms with Crippen LogP contribution in [0.4, 0.5) is 23.7 Å². The first kappa shape index (κ1) is 20.8. The number of urea groups is 1. The van der Waals surface area contributed by atoms with E-state index in [1.54, 1.807) is 11.1 Å². The van der Waals surface area contributed by atoms with Crippen LogP contribution in [0.15, 0.2) is 54.7 Å². The van der Waals surface area contributed by atoms with Crippen LogP contribution in [-0.4, -0.2) is 26.9 Å². The molecule has 9 heteroatoms. The van der Waals surface area contributed by atoms with E-state index in [9.17, 15) is 18.0 Å². The smallest absolute Gasteiger partial charge is 0.314 e. The highest BCUT2D eigenvalue weighted by Crippen LogP contribution is 2.44. The molecular weight excluding hydrogens is 441 g/mol. The highest BCUT2D eigenvalue weighted by atomic mass is 35.5. The van der Waals surface area contributed by atoms with Crippen LogP contribution in [0.1, 0.15) is 35.7 Å². The molecule has 0 saturated carbocycles. The van der Waals surface area contributed by atoms with Crippen molar-refractivity contribution in [2.45, 2.75) is 37.5 Å². The molecule has 2 amide bonds. The molecule has 32 heavy (non-hydrogen) atoms. The maximum atomic E-state index is 13.0. The molecule has 0 radical (unpaired) electrons. The van der Waals surface area contributed by atoms with Gasteiger partial charge in [0, 0.05) is 35.5 Å². The molecule has 3 heterocycles. The quantitative estimate of drug-likeness (QED) is 0.504. The van der Waals surface area contributed by atoms with Gasteiger partial charge in [-0.15, -0.1) is 0 Å². The van der Waals surface area contributed by atoms with E-state index in [2.05, 4.69) is 10.3 Å². The van der Waals surface area contributed by atoms with Crippen LogP contribution in [0.25, 0.3) is 11.4 Å². The Kier molecular flexibility index (Phi) is 5.04. The van der Waals surface area contributed by atoms with Crippen LogP contribution < -0.4 is 5.32 Å². The SMILES string of the molecule is O=C(Nc1ccc(C(F)(F)F)c(Cl)c1)N1[C@@H]2CC[C@H]1c1cnc(-c3ccccc3)nc1C2. The first-order valence-corrected chi connectivity index (χ1v) is 10.6. The summed E-state index contributed by atoms with van der Waals surface area (Å²) in [7, 11) is 0. The molecule has 3 aromatic rings. The average Bonchev–Trinajstić information content (AvgIpc) is 3.08. The van der Waals surface area contributed by atoms with E-state index in [1.807, 2.05) is 30.3 Å². The number of halogens is 4. The number of hydrogen-bond donors (Lipinski definition) is 1. The van der Waals surface area contributed by atoms with Crippen LogP contribution in [0, 0.1) is 0 Å². The molecule has 2 aromatic carbocycles. The Hall–Kier alpha value is -3.13. The molecule has 1 fully saturated rings. The van der Waals surface area contributed by atoms with E-state index in [4.69, 9.17) is 16.6 Å². The minimum Gasteiger partial charge on any atom is -0.314 e. The third kappa shape index (κ3) is 3.68. The topological polar surface area (TPSA) is 58.1 Å². The Bertz CT molecular complexity index is 1190. The first-order chi connectivity index (χ1) is 15.3. The van der Waals surface area contributed by atoms with Gasteiger partial charge in [0.2, 0.25) is 0 Å². The molecule has 0 aliphatic carbocycles. The molecule has 2 bridgehead atoms. The van der Waals surface area contributed by atoms with Gasteiger partial charge in [-0.1, -0.05) is 41.9 Å². The number of hydrogen-bond acceptors (Lipinski definition) is 3. The zero-order chi connectivity index (χ0) is 22.5. The summed E-state index contributed by atoms with van der Waals surface area (Å²) in [6.07, 6.45) is -0.550. The lowest BCUT2D eigenvalue weighted by molar-refractivity contribution is -0.137. The van der Waals surface area contributed by atoms with Crippen LogP contribution >= 0.6 is 11.6 Å². The number of nitrogens with zero attached hydrogens (tertiary/aromatic N) is 3. The second-order valence-electron chi connectivity index (χ2n) is 7.94. The molecule has 5 nitrogen and oxygen atoms in total. The van der Waals surface area contributed by atoms with E-state index in [1.165, 1.54) is 6.07 Å². The van der Waals surface area contributed by atoms with Gasteiger partial charge in [0.05, 0.1) is 22.3 Å². The third-order valence-electron chi connectivity index (χ3n) is 5.98. The number of alkyl halides is 3. The monoisotopic (exact) mass is 458 g/mol. The Labute approximate surface area is 187 Å². The van der Waals surface area contributed by atoms with E-state index < -0.39 is 16.8 Å². The van der Waals surface area contributed by atoms with Crippen molar-refractivity contribution in [3.05, 3.63) is 76.6 Å². The summed E-state index contributed by atoms with van der Waals surface area (Å²) in [5.41, 5.74) is 2.07. The summed E-state index contributed by atoms with van der Waals surface area (Å²) in [6, 6.07) is 12.3. The van der Waals surface area contributed by atoms with Gasteiger partial charge in [-0.05, 0) is 31.0 Å². The van der Waals surface area contributed by atoms with E-state index in [0.29, 0.717) is 12.2 Å². The molecule has 164 valence electrons. The number of carbonyl (C=O) groups excluding carboxylic acids is 1. The second-order valence-corrected chi connectivity index (χ2v) is 8.35. The van der Waals surface area contributed by atoms with Crippen molar-refractivity contribution in [1.29, 1.82) is 0 Å². The number of anilines is 1. The molecular formula is C23H18ClF3N4O. The van der Waals surface area contributed by atoms with Crippen molar-refractivity contribution in [2.75, 3.05) is 5.32 Å². The maximum Gasteiger partial charge on any atom is 0.417 e. The zero-order valence-electron chi connectivity index (χ0n) is 16.7. The molecule has 0 unspecified atom stereocenters. The van der Waals surface area contributed by atoms with Gasteiger partial charge >= 0.3 is 12.2 Å². The zero-order valence-corrected chi connectivity index (χ0v) is 17.5. The maximum absolute atomic E-state index is 13.0. The Morgan fingerprint density at radius 1 is 1.12 bits per heavy atom. The van der Waals surface area contributed by atoms with Crippen LogP contribution in [-0.2, 0) is 12.6 Å². The largest absolute Gasteiger partial charge is 0.417 e. The highest BCUT2D eigenvalue weighted by molar-refractivity contribution is 6.31. The number of benzene rings is 2. The predicted molar refractivity (Wildman–Crippen MR) is 114 cm³/mol. The highest BCUT2D eigenvalue weighted by Gasteiger charge is 2.43. The van der Waals surface area contributed by atoms with Gasteiger partial charge < -0.3 is 10.2 Å². The van der Waals surface area contributed by atoms with Crippen LogP contribution in [0.3, 0.4) is 0 Å². The van der Waals surface area contributed by atoms with Crippen molar-refractivity contribution >= 4 is 23.3 Å². The number of fused-ring (bicyclic) bond motifs is 4. The summed E-state index contributed by atoms with van der Waals surface area (Å²) < 4.78 is 38.8. The fourth-order valence-electron chi connectivity index (χ4n) is 4.52. The number of nitrogens with one attached hydrogen (secondary N) is 1.